The molecule has 184 valence electrons. The lowest BCUT2D eigenvalue weighted by molar-refractivity contribution is 0.0934. The number of imidazole rings is 1. The number of halogens is 1. The minimum absolute atomic E-state index is 0.110. The molecule has 0 spiro atoms. The number of fused-ring (bicyclic) bond motifs is 1. The minimum atomic E-state index is -0.228. The molecule has 0 fully saturated rings. The van der Waals surface area contributed by atoms with E-state index in [-0.39, 0.29) is 11.9 Å². The number of carbonyl (C=O) groups excluding carboxylic acids is 2. The van der Waals surface area contributed by atoms with Gasteiger partial charge in [0.25, 0.3) is 5.91 Å². The van der Waals surface area contributed by atoms with E-state index in [0.29, 0.717) is 33.1 Å². The van der Waals surface area contributed by atoms with E-state index < -0.39 is 0 Å². The van der Waals surface area contributed by atoms with Gasteiger partial charge in [-0.2, -0.15) is 0 Å². The molecule has 37 heavy (non-hydrogen) atoms. The standard InChI is InChI=1S/C31H26ClN3O2/c1-2-9-26(20-10-4-3-5-11-20)35-31(37)21-16-17-23(22(18-21)19-36)29-24(12-8-13-25(29)32)30-33-27-14-6-7-15-28(27)34-30/h3-8,10-19,26H,2,9H2,1H3,(H,33,34)(H,35,37)/t26-/m1/s1. The molecule has 0 saturated heterocycles. The molecule has 1 atom stereocenters. The highest BCUT2D eigenvalue weighted by atomic mass is 35.5. The molecule has 0 aliphatic carbocycles. The molecular weight excluding hydrogens is 482 g/mol. The van der Waals surface area contributed by atoms with Gasteiger partial charge in [0.2, 0.25) is 0 Å². The van der Waals surface area contributed by atoms with Crippen LogP contribution in [0.5, 0.6) is 0 Å². The van der Waals surface area contributed by atoms with Crippen LogP contribution < -0.4 is 5.32 Å². The Morgan fingerprint density at radius 2 is 1.76 bits per heavy atom. The van der Waals surface area contributed by atoms with E-state index in [1.54, 1.807) is 24.3 Å². The average Bonchev–Trinajstić information content (AvgIpc) is 3.37. The van der Waals surface area contributed by atoms with Gasteiger partial charge in [-0.25, -0.2) is 4.98 Å². The summed E-state index contributed by atoms with van der Waals surface area (Å²) in [5.41, 5.74) is 5.70. The summed E-state index contributed by atoms with van der Waals surface area (Å²) in [6.07, 6.45) is 2.50. The van der Waals surface area contributed by atoms with Crippen molar-refractivity contribution in [1.82, 2.24) is 15.3 Å². The Labute approximate surface area is 220 Å². The van der Waals surface area contributed by atoms with Crippen LogP contribution in [-0.4, -0.2) is 22.2 Å². The predicted molar refractivity (Wildman–Crippen MR) is 149 cm³/mol. The van der Waals surface area contributed by atoms with Crippen LogP contribution in [0.1, 0.15) is 52.1 Å². The van der Waals surface area contributed by atoms with E-state index in [2.05, 4.69) is 17.2 Å². The van der Waals surface area contributed by atoms with Gasteiger partial charge in [-0.05, 0) is 47.9 Å². The Bertz CT molecular complexity index is 1540. The van der Waals surface area contributed by atoms with Crippen molar-refractivity contribution in [1.29, 1.82) is 0 Å². The monoisotopic (exact) mass is 507 g/mol. The second kappa shape index (κ2) is 10.8. The van der Waals surface area contributed by atoms with Crippen molar-refractivity contribution in [2.24, 2.45) is 0 Å². The maximum atomic E-state index is 13.2. The minimum Gasteiger partial charge on any atom is -0.345 e. The van der Waals surface area contributed by atoms with E-state index in [1.165, 1.54) is 0 Å². The van der Waals surface area contributed by atoms with Crippen LogP contribution in [0.25, 0.3) is 33.5 Å². The Morgan fingerprint density at radius 1 is 0.973 bits per heavy atom. The van der Waals surface area contributed by atoms with Crippen molar-refractivity contribution in [3.63, 3.8) is 0 Å². The SMILES string of the molecule is CCC[C@@H](NC(=O)c1ccc(-c2c(Cl)cccc2-c2nc3ccccc3[nH]2)c(C=O)c1)c1ccccc1. The van der Waals surface area contributed by atoms with Crippen LogP contribution in [0.15, 0.2) is 91.0 Å². The van der Waals surface area contributed by atoms with Gasteiger partial charge >= 0.3 is 0 Å². The number of para-hydroxylation sites is 2. The number of nitrogens with one attached hydrogen (secondary N) is 2. The molecule has 0 bridgehead atoms. The zero-order valence-electron chi connectivity index (χ0n) is 20.4. The molecule has 5 rings (SSSR count). The summed E-state index contributed by atoms with van der Waals surface area (Å²) < 4.78 is 0. The summed E-state index contributed by atoms with van der Waals surface area (Å²) in [5, 5.41) is 3.62. The number of carbonyl (C=O) groups is 2. The summed E-state index contributed by atoms with van der Waals surface area (Å²) >= 11 is 6.68. The molecule has 0 saturated carbocycles. The van der Waals surface area contributed by atoms with Gasteiger partial charge in [-0.3, -0.25) is 9.59 Å². The summed E-state index contributed by atoms with van der Waals surface area (Å²) in [4.78, 5) is 33.5. The number of H-pyrrole nitrogens is 1. The highest BCUT2D eigenvalue weighted by Crippen LogP contribution is 2.38. The van der Waals surface area contributed by atoms with E-state index in [0.717, 1.165) is 41.3 Å². The smallest absolute Gasteiger partial charge is 0.251 e. The second-order valence-corrected chi connectivity index (χ2v) is 9.32. The lowest BCUT2D eigenvalue weighted by Crippen LogP contribution is -2.28. The molecule has 5 aromatic rings. The molecular formula is C31H26ClN3O2. The largest absolute Gasteiger partial charge is 0.345 e. The van der Waals surface area contributed by atoms with Gasteiger partial charge in [0.15, 0.2) is 6.29 Å². The number of hydrogen-bond acceptors (Lipinski definition) is 3. The third-order valence-corrected chi connectivity index (χ3v) is 6.77. The fourth-order valence-corrected chi connectivity index (χ4v) is 4.92. The fraction of sp³-hybridized carbons (Fsp3) is 0.129. The number of benzene rings is 4. The molecule has 6 heteroatoms. The van der Waals surface area contributed by atoms with Crippen LogP contribution in [0, 0.1) is 0 Å². The number of amides is 1. The molecule has 2 N–H and O–H groups in total. The molecule has 5 nitrogen and oxygen atoms in total. The lowest BCUT2D eigenvalue weighted by Gasteiger charge is -2.19. The zero-order valence-corrected chi connectivity index (χ0v) is 21.1. The van der Waals surface area contributed by atoms with Gasteiger partial charge < -0.3 is 10.3 Å². The number of aldehydes is 1. The number of aromatic nitrogens is 2. The predicted octanol–water partition coefficient (Wildman–Crippen LogP) is 7.63. The van der Waals surface area contributed by atoms with Crippen molar-refractivity contribution in [2.45, 2.75) is 25.8 Å². The van der Waals surface area contributed by atoms with Crippen LogP contribution in [-0.2, 0) is 0 Å². The first-order chi connectivity index (χ1) is 18.1. The number of hydrogen-bond donors (Lipinski definition) is 2. The molecule has 1 heterocycles. The maximum Gasteiger partial charge on any atom is 0.251 e. The average molecular weight is 508 g/mol. The molecule has 4 aromatic carbocycles. The lowest BCUT2D eigenvalue weighted by atomic mass is 9.93. The quantitative estimate of drug-likeness (QED) is 0.212. The first-order valence-electron chi connectivity index (χ1n) is 12.3. The summed E-state index contributed by atoms with van der Waals surface area (Å²) in [7, 11) is 0. The maximum absolute atomic E-state index is 13.2. The van der Waals surface area contributed by atoms with Crippen molar-refractivity contribution >= 4 is 34.8 Å². The van der Waals surface area contributed by atoms with E-state index in [9.17, 15) is 9.59 Å². The summed E-state index contributed by atoms with van der Waals surface area (Å²) in [6.45, 7) is 2.09. The van der Waals surface area contributed by atoms with Crippen LogP contribution >= 0.6 is 11.6 Å². The Kier molecular flexibility index (Phi) is 7.15. The molecule has 1 amide bonds. The number of nitrogens with zero attached hydrogens (tertiary/aromatic N) is 1. The molecule has 0 unspecified atom stereocenters. The van der Waals surface area contributed by atoms with Crippen molar-refractivity contribution in [3.8, 4) is 22.5 Å². The number of aromatic amines is 1. The highest BCUT2D eigenvalue weighted by molar-refractivity contribution is 6.34. The molecule has 0 aliphatic heterocycles. The van der Waals surface area contributed by atoms with Crippen LogP contribution in [0.3, 0.4) is 0 Å². The summed E-state index contributed by atoms with van der Waals surface area (Å²) in [6, 6.07) is 28.3. The van der Waals surface area contributed by atoms with Crippen molar-refractivity contribution < 1.29 is 9.59 Å². The highest BCUT2D eigenvalue weighted by Gasteiger charge is 2.20. The van der Waals surface area contributed by atoms with Crippen molar-refractivity contribution in [3.05, 3.63) is 113 Å². The van der Waals surface area contributed by atoms with Gasteiger partial charge in [0.05, 0.1) is 17.1 Å². The van der Waals surface area contributed by atoms with E-state index in [1.807, 2.05) is 66.7 Å². The number of rotatable bonds is 8. The summed E-state index contributed by atoms with van der Waals surface area (Å²) in [5.74, 6) is 0.427. The Balaban J connectivity index is 1.52. The van der Waals surface area contributed by atoms with Gasteiger partial charge in [0, 0.05) is 27.3 Å². The van der Waals surface area contributed by atoms with E-state index in [4.69, 9.17) is 16.6 Å². The molecule has 0 radical (unpaired) electrons. The zero-order chi connectivity index (χ0) is 25.8. The van der Waals surface area contributed by atoms with Gasteiger partial charge in [0.1, 0.15) is 5.82 Å². The Morgan fingerprint density at radius 3 is 2.51 bits per heavy atom. The van der Waals surface area contributed by atoms with Gasteiger partial charge in [-0.15, -0.1) is 0 Å². The third-order valence-electron chi connectivity index (χ3n) is 6.45. The second-order valence-electron chi connectivity index (χ2n) is 8.91. The van der Waals surface area contributed by atoms with Gasteiger partial charge in [-0.1, -0.05) is 85.6 Å². The van der Waals surface area contributed by atoms with Crippen molar-refractivity contribution in [2.75, 3.05) is 0 Å². The third kappa shape index (κ3) is 5.04. The fourth-order valence-electron chi connectivity index (χ4n) is 4.64. The normalized spacial score (nSPS) is 11.8. The van der Waals surface area contributed by atoms with Crippen LogP contribution in [0.4, 0.5) is 0 Å². The topological polar surface area (TPSA) is 74.8 Å². The first-order valence-corrected chi connectivity index (χ1v) is 12.7. The Hall–Kier alpha value is -4.22. The first kappa shape index (κ1) is 24.5. The molecule has 0 aliphatic rings. The van der Waals surface area contributed by atoms with E-state index >= 15 is 0 Å². The van der Waals surface area contributed by atoms with Crippen LogP contribution in [0.2, 0.25) is 5.02 Å². The molecule has 1 aromatic heterocycles.